The number of rotatable bonds is 45. The van der Waals surface area contributed by atoms with Crippen molar-refractivity contribution in [3.8, 4) is 0 Å². The van der Waals surface area contributed by atoms with E-state index in [1.54, 1.807) is 88.5 Å². The van der Waals surface area contributed by atoms with Gasteiger partial charge in [-0.3, -0.25) is 62.5 Å². The van der Waals surface area contributed by atoms with Gasteiger partial charge in [-0.15, -0.1) is 0 Å². The van der Waals surface area contributed by atoms with Gasteiger partial charge in [0.05, 0.1) is 38.7 Å². The van der Waals surface area contributed by atoms with E-state index < -0.39 is 188 Å². The molecule has 5 rings (SSSR count). The average Bonchev–Trinajstić information content (AvgIpc) is 1.71. The number of likely N-dealkylation sites (tertiary alicyclic amines) is 1. The van der Waals surface area contributed by atoms with Crippen LogP contribution in [0, 0.1) is 17.8 Å². The third kappa shape index (κ3) is 27.0. The first-order chi connectivity index (χ1) is 50.9. The van der Waals surface area contributed by atoms with E-state index in [4.69, 9.17) is 22.9 Å². The molecule has 25 N–H and O–H groups in total. The highest BCUT2D eigenvalue weighted by molar-refractivity contribution is 6.00. The van der Waals surface area contributed by atoms with Gasteiger partial charge in [-0.25, -0.2) is 9.78 Å². The Hall–Kier alpha value is -10.6. The van der Waals surface area contributed by atoms with Crippen LogP contribution in [0.3, 0.4) is 0 Å². The van der Waals surface area contributed by atoms with Crippen molar-refractivity contribution in [3.63, 3.8) is 0 Å². The van der Waals surface area contributed by atoms with Gasteiger partial charge in [-0.05, 0) is 86.4 Å². The monoisotopic (exact) mass is 1500 g/mol. The molecule has 0 saturated carbocycles. The number of aliphatic imine (C=N–C) groups is 1. The minimum absolute atomic E-state index is 0.0368. The first-order valence-electron chi connectivity index (χ1n) is 35.7. The number of benzene rings is 2. The fourth-order valence-electron chi connectivity index (χ4n) is 11.7. The van der Waals surface area contributed by atoms with E-state index in [1.165, 1.54) is 31.3 Å². The molecule has 0 radical (unpaired) electrons. The molecule has 2 aromatic heterocycles. The standard InChI is InChI=1S/C70H106N20O17/c1-7-39(6)57(67(104)86-50(33-91)63(100)87-52(35-93)69(106)107)89-66(103)56(38(4)5)88-64(101)51(34-92)85-62(99)49(29-42-31-75-36-79-42)84-60(97)47(27-40-17-9-8-10-18-40)83-59(96)46(22-15-25-76-70(73)74)81-61(98)48(28-41-30-77-44-20-12-11-19-43(41)44)80-54(94)32-78-58(95)45(21-13-14-24-71)82-65(102)53-23-16-26-90(53)68(105)55(72)37(2)3/h8-12,17-20,30-31,36-39,45-53,55-57,77,91-93H,7,13-16,21-29,32-35,71-72H2,1-6H3,(H,75,79)(H,78,95)(H,80,94)(H,81,98)(H,82,102)(H,83,96)(H,84,97)(H,85,99)(H,86,104)(H,87,100)(H,88,101)(H,89,103)(H,106,107)(H4,73,74,76)/t39-,45-,46-,47-,48-,49-,50-,51-,52-,53-,55-,56-,57-/m0/s1. The van der Waals surface area contributed by atoms with Crippen LogP contribution >= 0.6 is 0 Å². The Labute approximate surface area is 619 Å². The van der Waals surface area contributed by atoms with Crippen LogP contribution in [-0.2, 0) is 81.6 Å². The number of guanidine groups is 1. The van der Waals surface area contributed by atoms with Crippen molar-refractivity contribution in [1.29, 1.82) is 0 Å². The first-order valence-corrected chi connectivity index (χ1v) is 35.7. The van der Waals surface area contributed by atoms with Gasteiger partial charge in [0.25, 0.3) is 0 Å². The number of H-pyrrole nitrogens is 2. The number of imidazole rings is 1. The van der Waals surface area contributed by atoms with Gasteiger partial charge >= 0.3 is 5.97 Å². The molecule has 1 aliphatic heterocycles. The molecule has 0 bridgehead atoms. The van der Waals surface area contributed by atoms with Gasteiger partial charge in [0.1, 0.15) is 66.5 Å². The number of carboxylic acid groups (broad SMARTS) is 1. The lowest BCUT2D eigenvalue weighted by atomic mass is 9.96. The number of amides is 12. The molecule has 37 heteroatoms. The fraction of sp³-hybridized carbons (Fsp3) is 0.557. The predicted octanol–water partition coefficient (Wildman–Crippen LogP) is -5.20. The van der Waals surface area contributed by atoms with Gasteiger partial charge < -0.3 is 117 Å². The smallest absolute Gasteiger partial charge is 0.328 e. The molecule has 13 atom stereocenters. The van der Waals surface area contributed by atoms with Crippen LogP contribution in [0.1, 0.15) is 110 Å². The number of aliphatic hydroxyl groups is 3. The van der Waals surface area contributed by atoms with Crippen LogP contribution in [0.4, 0.5) is 0 Å². The van der Waals surface area contributed by atoms with Crippen molar-refractivity contribution in [1.82, 2.24) is 78.3 Å². The second-order valence-corrected chi connectivity index (χ2v) is 27.0. The lowest BCUT2D eigenvalue weighted by Crippen LogP contribution is -2.62. The van der Waals surface area contributed by atoms with E-state index in [0.29, 0.717) is 60.8 Å². The summed E-state index contributed by atoms with van der Waals surface area (Å²) >= 11 is 0. The normalized spacial score (nSPS) is 16.1. The SMILES string of the molecule is CC[C@H](C)[C@H](NC(=O)[C@@H](NC(=O)[C@H](CO)NC(=O)[C@H](Cc1cnc[nH]1)NC(=O)[C@H](Cc1ccccc1)NC(=O)[C@H](CCCN=C(N)N)NC(=O)[C@H](Cc1c[nH]c2ccccc12)NC(=O)CNC(=O)[C@H](CCCCN)NC(=O)[C@@H]1CCCN1C(=O)[C@@H](N)C(C)C)C(C)C)C(=O)N[C@@H](CO)C(=O)N[C@@H](CO)C(=O)O. The largest absolute Gasteiger partial charge is 0.480 e. The highest BCUT2D eigenvalue weighted by Crippen LogP contribution is 2.22. The van der Waals surface area contributed by atoms with Crippen molar-refractivity contribution in [2.45, 2.75) is 185 Å². The summed E-state index contributed by atoms with van der Waals surface area (Å²) in [6.45, 7) is 6.69. The second kappa shape index (κ2) is 43.7. The summed E-state index contributed by atoms with van der Waals surface area (Å²) in [5.41, 5.74) is 25.3. The van der Waals surface area contributed by atoms with Crippen LogP contribution in [0.15, 0.2) is 78.3 Å². The molecule has 107 heavy (non-hydrogen) atoms. The molecule has 0 spiro atoms. The maximum absolute atomic E-state index is 15.0. The van der Waals surface area contributed by atoms with Crippen LogP contribution < -0.4 is 81.4 Å². The van der Waals surface area contributed by atoms with E-state index in [-0.39, 0.29) is 69.1 Å². The summed E-state index contributed by atoms with van der Waals surface area (Å²) in [5.74, 6) is -14.1. The summed E-state index contributed by atoms with van der Waals surface area (Å²) in [5, 5.41) is 67.9. The topological polar surface area (TPSA) is 599 Å². The molecule has 588 valence electrons. The van der Waals surface area contributed by atoms with Crippen molar-refractivity contribution < 1.29 is 82.8 Å². The summed E-state index contributed by atoms with van der Waals surface area (Å²) in [4.78, 5) is 196. The number of aromatic amines is 2. The van der Waals surface area contributed by atoms with E-state index in [9.17, 15) is 82.8 Å². The molecule has 4 aromatic rings. The molecular formula is C70H106N20O17. The molecular weight excluding hydrogens is 1390 g/mol. The zero-order chi connectivity index (χ0) is 79.0. The Morgan fingerprint density at radius 1 is 0.589 bits per heavy atom. The molecule has 12 amide bonds. The van der Waals surface area contributed by atoms with Crippen molar-refractivity contribution in [2.75, 3.05) is 46.0 Å². The van der Waals surface area contributed by atoms with E-state index >= 15 is 0 Å². The zero-order valence-corrected chi connectivity index (χ0v) is 61.1. The van der Waals surface area contributed by atoms with E-state index in [0.717, 1.165) is 0 Å². The van der Waals surface area contributed by atoms with Crippen LogP contribution in [0.25, 0.3) is 10.9 Å². The predicted molar refractivity (Wildman–Crippen MR) is 390 cm³/mol. The lowest BCUT2D eigenvalue weighted by Gasteiger charge is -2.30. The quantitative estimate of drug-likeness (QED) is 0.0112. The van der Waals surface area contributed by atoms with Gasteiger partial charge in [0, 0.05) is 61.3 Å². The molecule has 0 unspecified atom stereocenters. The number of carboxylic acids is 1. The van der Waals surface area contributed by atoms with Crippen LogP contribution in [0.2, 0.25) is 0 Å². The third-order valence-electron chi connectivity index (χ3n) is 18.2. The number of nitrogens with one attached hydrogen (secondary N) is 13. The second-order valence-electron chi connectivity index (χ2n) is 27.0. The maximum Gasteiger partial charge on any atom is 0.328 e. The summed E-state index contributed by atoms with van der Waals surface area (Å²) in [6.07, 6.45) is 5.59. The van der Waals surface area contributed by atoms with Gasteiger partial charge in [0.2, 0.25) is 70.9 Å². The number of carbonyl (C=O) groups is 13. The number of nitrogens with two attached hydrogens (primary N) is 4. The molecule has 0 aliphatic carbocycles. The van der Waals surface area contributed by atoms with Gasteiger partial charge in [0.15, 0.2) is 5.96 Å². The Morgan fingerprint density at radius 2 is 1.12 bits per heavy atom. The van der Waals surface area contributed by atoms with E-state index in [1.807, 2.05) is 5.32 Å². The van der Waals surface area contributed by atoms with Crippen LogP contribution in [0.5, 0.6) is 0 Å². The van der Waals surface area contributed by atoms with Gasteiger partial charge in [-0.1, -0.05) is 96.5 Å². The number of aliphatic carboxylic acids is 1. The summed E-state index contributed by atoms with van der Waals surface area (Å²) in [7, 11) is 0. The van der Waals surface area contributed by atoms with Crippen molar-refractivity contribution in [3.05, 3.63) is 90.1 Å². The molecule has 37 nitrogen and oxygen atoms in total. The third-order valence-corrected chi connectivity index (χ3v) is 18.2. The number of hydrogen-bond acceptors (Lipinski definition) is 20. The first kappa shape index (κ1) is 87.0. The maximum atomic E-state index is 15.0. The van der Waals surface area contributed by atoms with E-state index in [2.05, 4.69) is 73.1 Å². The average molecular weight is 1500 g/mol. The molecule has 1 saturated heterocycles. The number of para-hydroxylation sites is 1. The highest BCUT2D eigenvalue weighted by atomic mass is 16.4. The molecule has 2 aromatic carbocycles. The number of unbranched alkanes of at least 4 members (excludes halogenated alkanes) is 1. The Balaban J connectivity index is 1.39. The Bertz CT molecular complexity index is 3670. The molecule has 3 heterocycles. The van der Waals surface area contributed by atoms with Crippen molar-refractivity contribution in [2.24, 2.45) is 45.7 Å². The highest BCUT2D eigenvalue weighted by Gasteiger charge is 2.41. The molecule has 1 aliphatic rings. The Morgan fingerprint density at radius 3 is 1.71 bits per heavy atom. The number of nitrogens with zero attached hydrogens (tertiary/aromatic N) is 3. The van der Waals surface area contributed by atoms with Crippen LogP contribution in [-0.4, -0.2) is 242 Å². The zero-order valence-electron chi connectivity index (χ0n) is 61.1. The lowest BCUT2D eigenvalue weighted by molar-refractivity contribution is -0.143. The minimum atomic E-state index is -1.82. The number of fused-ring (bicyclic) bond motifs is 1. The fourth-order valence-corrected chi connectivity index (χ4v) is 11.7. The summed E-state index contributed by atoms with van der Waals surface area (Å²) in [6, 6.07) is -1.75. The number of carbonyl (C=O) groups excluding carboxylic acids is 12. The minimum Gasteiger partial charge on any atom is -0.480 e. The number of aliphatic hydroxyl groups excluding tert-OH is 3. The number of aromatic nitrogens is 3. The summed E-state index contributed by atoms with van der Waals surface area (Å²) < 4.78 is 0. The number of hydrogen-bond donors (Lipinski definition) is 21. The van der Waals surface area contributed by atoms with Crippen molar-refractivity contribution >= 4 is 93.7 Å². The van der Waals surface area contributed by atoms with Gasteiger partial charge in [-0.2, -0.15) is 0 Å². The molecule has 1 fully saturated rings. The Kier molecular flexibility index (Phi) is 35.6.